The van der Waals surface area contributed by atoms with Crippen molar-refractivity contribution in [2.45, 2.75) is 12.3 Å². The topological polar surface area (TPSA) is 63.3 Å². The highest BCUT2D eigenvalue weighted by Crippen LogP contribution is 2.28. The number of carbonyl (C=O) groups is 1. The van der Waals surface area contributed by atoms with Crippen LogP contribution in [-0.2, 0) is 4.79 Å². The van der Waals surface area contributed by atoms with Crippen LogP contribution in [0.15, 0.2) is 54.6 Å². The van der Waals surface area contributed by atoms with E-state index < -0.39 is 5.97 Å². The van der Waals surface area contributed by atoms with Crippen LogP contribution in [0.4, 0.5) is 5.69 Å². The number of carboxylic acids is 1. The van der Waals surface area contributed by atoms with E-state index in [2.05, 4.69) is 0 Å². The molecule has 0 saturated carbocycles. The van der Waals surface area contributed by atoms with Gasteiger partial charge in [-0.15, -0.1) is 0 Å². The van der Waals surface area contributed by atoms with Gasteiger partial charge < -0.3 is 10.8 Å². The third-order valence-electron chi connectivity index (χ3n) is 2.92. The lowest BCUT2D eigenvalue weighted by Crippen LogP contribution is -2.08. The maximum atomic E-state index is 11.0. The molecule has 1 atom stereocenters. The van der Waals surface area contributed by atoms with Crippen LogP contribution in [0.3, 0.4) is 0 Å². The van der Waals surface area contributed by atoms with Gasteiger partial charge in [-0.25, -0.2) is 0 Å². The number of anilines is 1. The zero-order chi connectivity index (χ0) is 13.0. The quantitative estimate of drug-likeness (QED) is 0.809. The molecule has 3 N–H and O–H groups in total. The van der Waals surface area contributed by atoms with E-state index in [0.29, 0.717) is 5.69 Å². The first kappa shape index (κ1) is 12.2. The molecule has 18 heavy (non-hydrogen) atoms. The number of aliphatic carboxylic acids is 1. The molecular weight excluding hydrogens is 226 g/mol. The molecule has 92 valence electrons. The van der Waals surface area contributed by atoms with Crippen LogP contribution in [0, 0.1) is 0 Å². The number of nitrogens with two attached hydrogens (primary N) is 1. The summed E-state index contributed by atoms with van der Waals surface area (Å²) in [5.74, 6) is -0.940. The van der Waals surface area contributed by atoms with E-state index in [9.17, 15) is 4.79 Å². The van der Waals surface area contributed by atoms with Crippen molar-refractivity contribution >= 4 is 11.7 Å². The molecule has 0 fully saturated rings. The predicted molar refractivity (Wildman–Crippen MR) is 71.4 cm³/mol. The lowest BCUT2D eigenvalue weighted by Gasteiger charge is -2.16. The maximum Gasteiger partial charge on any atom is 0.304 e. The molecule has 2 aromatic rings. The third-order valence-corrected chi connectivity index (χ3v) is 2.92. The molecule has 3 heteroatoms. The van der Waals surface area contributed by atoms with Gasteiger partial charge in [0.05, 0.1) is 6.42 Å². The van der Waals surface area contributed by atoms with E-state index in [4.69, 9.17) is 10.8 Å². The number of benzene rings is 2. The molecule has 0 aliphatic heterocycles. The van der Waals surface area contributed by atoms with Crippen molar-refractivity contribution < 1.29 is 9.90 Å². The Kier molecular flexibility index (Phi) is 3.63. The Labute approximate surface area is 106 Å². The average molecular weight is 241 g/mol. The van der Waals surface area contributed by atoms with Gasteiger partial charge in [0.25, 0.3) is 0 Å². The zero-order valence-electron chi connectivity index (χ0n) is 9.91. The van der Waals surface area contributed by atoms with Gasteiger partial charge in [0.1, 0.15) is 0 Å². The van der Waals surface area contributed by atoms with Crippen molar-refractivity contribution in [2.24, 2.45) is 0 Å². The molecule has 0 aliphatic carbocycles. The Balaban J connectivity index is 2.36. The molecule has 2 aromatic carbocycles. The fourth-order valence-corrected chi connectivity index (χ4v) is 2.02. The van der Waals surface area contributed by atoms with Crippen LogP contribution < -0.4 is 5.73 Å². The van der Waals surface area contributed by atoms with Gasteiger partial charge in [-0.05, 0) is 23.3 Å². The van der Waals surface area contributed by atoms with Crippen molar-refractivity contribution in [1.82, 2.24) is 0 Å². The molecule has 0 amide bonds. The van der Waals surface area contributed by atoms with E-state index in [1.165, 1.54) is 0 Å². The lowest BCUT2D eigenvalue weighted by atomic mass is 9.88. The second-order valence-corrected chi connectivity index (χ2v) is 4.23. The van der Waals surface area contributed by atoms with Crippen LogP contribution in [0.2, 0.25) is 0 Å². The Morgan fingerprint density at radius 2 is 1.56 bits per heavy atom. The van der Waals surface area contributed by atoms with Crippen LogP contribution in [0.25, 0.3) is 0 Å². The number of carboxylic acid groups (broad SMARTS) is 1. The molecule has 0 spiro atoms. The second-order valence-electron chi connectivity index (χ2n) is 4.23. The predicted octanol–water partition coefficient (Wildman–Crippen LogP) is 2.88. The fourth-order valence-electron chi connectivity index (χ4n) is 2.02. The average Bonchev–Trinajstić information content (AvgIpc) is 2.38. The summed E-state index contributed by atoms with van der Waals surface area (Å²) in [6.45, 7) is 0. The number of hydrogen-bond acceptors (Lipinski definition) is 2. The molecule has 0 aromatic heterocycles. The van der Waals surface area contributed by atoms with Gasteiger partial charge in [0.15, 0.2) is 0 Å². The molecular formula is C15H15NO2. The lowest BCUT2D eigenvalue weighted by molar-refractivity contribution is -0.137. The van der Waals surface area contributed by atoms with Gasteiger partial charge >= 0.3 is 5.97 Å². The molecule has 2 rings (SSSR count). The first-order valence-corrected chi connectivity index (χ1v) is 5.79. The summed E-state index contributed by atoms with van der Waals surface area (Å²) >= 11 is 0. The van der Waals surface area contributed by atoms with Crippen LogP contribution in [0.5, 0.6) is 0 Å². The second kappa shape index (κ2) is 5.36. The highest BCUT2D eigenvalue weighted by atomic mass is 16.4. The van der Waals surface area contributed by atoms with Gasteiger partial charge in [-0.2, -0.15) is 0 Å². The first-order valence-electron chi connectivity index (χ1n) is 5.79. The zero-order valence-corrected chi connectivity index (χ0v) is 9.91. The van der Waals surface area contributed by atoms with Crippen molar-refractivity contribution in [2.75, 3.05) is 5.73 Å². The Morgan fingerprint density at radius 1 is 1.00 bits per heavy atom. The summed E-state index contributed by atoms with van der Waals surface area (Å²) in [5, 5.41) is 9.04. The summed E-state index contributed by atoms with van der Waals surface area (Å²) in [7, 11) is 0. The van der Waals surface area contributed by atoms with Gasteiger partial charge in [0.2, 0.25) is 0 Å². The Bertz CT molecular complexity index is 520. The van der Waals surface area contributed by atoms with Crippen molar-refractivity contribution in [1.29, 1.82) is 0 Å². The maximum absolute atomic E-state index is 11.0. The third kappa shape index (κ3) is 2.88. The Hall–Kier alpha value is -2.29. The van der Waals surface area contributed by atoms with E-state index >= 15 is 0 Å². The fraction of sp³-hybridized carbons (Fsp3) is 0.133. The molecule has 0 saturated heterocycles. The van der Waals surface area contributed by atoms with Crippen LogP contribution >= 0.6 is 0 Å². The highest BCUT2D eigenvalue weighted by molar-refractivity contribution is 5.69. The van der Waals surface area contributed by atoms with Crippen LogP contribution in [-0.4, -0.2) is 11.1 Å². The first-order chi connectivity index (χ1) is 8.66. The molecule has 0 bridgehead atoms. The van der Waals surface area contributed by atoms with Crippen molar-refractivity contribution in [3.05, 3.63) is 65.7 Å². The van der Waals surface area contributed by atoms with Gasteiger partial charge in [0, 0.05) is 11.6 Å². The summed E-state index contributed by atoms with van der Waals surface area (Å²) < 4.78 is 0. The van der Waals surface area contributed by atoms with Crippen molar-refractivity contribution in [3.63, 3.8) is 0 Å². The number of rotatable bonds is 4. The Morgan fingerprint density at radius 3 is 2.11 bits per heavy atom. The van der Waals surface area contributed by atoms with E-state index in [0.717, 1.165) is 11.1 Å². The number of nitrogen functional groups attached to an aromatic ring is 1. The van der Waals surface area contributed by atoms with E-state index in [-0.39, 0.29) is 12.3 Å². The van der Waals surface area contributed by atoms with Gasteiger partial charge in [-0.3, -0.25) is 4.79 Å². The normalized spacial score (nSPS) is 12.0. The minimum atomic E-state index is -0.805. The largest absolute Gasteiger partial charge is 0.481 e. The highest BCUT2D eigenvalue weighted by Gasteiger charge is 2.17. The smallest absolute Gasteiger partial charge is 0.304 e. The summed E-state index contributed by atoms with van der Waals surface area (Å²) in [6.07, 6.45) is 0.0773. The number of hydrogen-bond donors (Lipinski definition) is 2. The van der Waals surface area contributed by atoms with E-state index in [1.807, 2.05) is 42.5 Å². The SMILES string of the molecule is Nc1ccc(C(CC(=O)O)c2ccccc2)cc1. The molecule has 1 unspecified atom stereocenters. The molecule has 3 nitrogen and oxygen atoms in total. The summed E-state index contributed by atoms with van der Waals surface area (Å²) in [4.78, 5) is 11.0. The molecule has 0 aliphatic rings. The molecule has 0 heterocycles. The monoisotopic (exact) mass is 241 g/mol. The minimum Gasteiger partial charge on any atom is -0.481 e. The van der Waals surface area contributed by atoms with Gasteiger partial charge in [-0.1, -0.05) is 42.5 Å². The summed E-state index contributed by atoms with van der Waals surface area (Å²) in [5.41, 5.74) is 8.31. The molecule has 0 radical (unpaired) electrons. The van der Waals surface area contributed by atoms with Crippen molar-refractivity contribution in [3.8, 4) is 0 Å². The van der Waals surface area contributed by atoms with E-state index in [1.54, 1.807) is 12.1 Å². The standard InChI is InChI=1S/C15H15NO2/c16-13-8-6-12(7-9-13)14(10-15(17)18)11-4-2-1-3-5-11/h1-9,14H,10,16H2,(H,17,18). The summed E-state index contributed by atoms with van der Waals surface area (Å²) in [6, 6.07) is 17.0. The van der Waals surface area contributed by atoms with Crippen LogP contribution in [0.1, 0.15) is 23.5 Å². The minimum absolute atomic E-state index is 0.0773.